The molecule has 0 aromatic heterocycles. The summed E-state index contributed by atoms with van der Waals surface area (Å²) in [5.74, 6) is -0.787. The van der Waals surface area contributed by atoms with Crippen LogP contribution >= 0.6 is 42.3 Å². The van der Waals surface area contributed by atoms with Gasteiger partial charge in [-0.15, -0.1) is 0 Å². The van der Waals surface area contributed by atoms with Crippen molar-refractivity contribution in [3.05, 3.63) is 161 Å². The van der Waals surface area contributed by atoms with Crippen molar-refractivity contribution in [1.82, 2.24) is 5.32 Å². The monoisotopic (exact) mass is 611 g/mol. The molecule has 5 aromatic carbocycles. The first-order chi connectivity index (χ1) is 19.9. The molecule has 5 aromatic rings. The summed E-state index contributed by atoms with van der Waals surface area (Å²) in [5, 5.41) is 6.58. The van der Waals surface area contributed by atoms with E-state index in [-0.39, 0.29) is 21.4 Å². The van der Waals surface area contributed by atoms with Crippen LogP contribution < -0.4 is 21.2 Å². The SMILES string of the molecule is O=C(C(C(=S)NC(=O)c1ccc(Cl)cc1Cl)=P(c1ccccc1)(c1ccccc1)c1ccccc1)c1ccccc1. The molecule has 0 aliphatic heterocycles. The number of Topliss-reactive ketones (excluding diaryl/α,β-unsaturated/α-hetero) is 1. The zero-order valence-electron chi connectivity index (χ0n) is 21.7. The molecule has 1 amide bonds. The second-order valence-corrected chi connectivity index (χ2v) is 13.7. The maximum Gasteiger partial charge on any atom is 0.257 e. The Bertz CT molecular complexity index is 1670. The Morgan fingerprint density at radius 2 is 1.05 bits per heavy atom. The van der Waals surface area contributed by atoms with Crippen LogP contribution in [0.5, 0.6) is 0 Å². The number of benzene rings is 5. The molecule has 0 spiro atoms. The van der Waals surface area contributed by atoms with Crippen LogP contribution in [0, 0.1) is 0 Å². The van der Waals surface area contributed by atoms with E-state index in [0.717, 1.165) is 15.9 Å². The van der Waals surface area contributed by atoms with Crippen LogP contribution in [-0.2, 0) is 0 Å². The number of carbonyl (C=O) groups is 2. The lowest BCUT2D eigenvalue weighted by atomic mass is 10.1. The molecule has 0 unspecified atom stereocenters. The Morgan fingerprint density at radius 3 is 1.49 bits per heavy atom. The quantitative estimate of drug-likeness (QED) is 0.121. The topological polar surface area (TPSA) is 46.2 Å². The van der Waals surface area contributed by atoms with Crippen LogP contribution in [0.15, 0.2) is 140 Å². The zero-order valence-corrected chi connectivity index (χ0v) is 24.9. The molecule has 0 atom stereocenters. The third kappa shape index (κ3) is 5.84. The standard InChI is InChI=1S/C34H24Cl2NO2PS/c35-25-21-22-29(30(36)23-25)33(39)37-34(41)32(31(38)24-13-5-1-6-14-24)40(26-15-7-2-8-16-26,27-17-9-3-10-18-27)28-19-11-4-12-20-28/h1-23H,(H,37,39,41). The Morgan fingerprint density at radius 1 is 0.610 bits per heavy atom. The van der Waals surface area contributed by atoms with E-state index in [4.69, 9.17) is 35.4 Å². The highest BCUT2D eigenvalue weighted by Gasteiger charge is 2.36. The Kier molecular flexibility index (Phi) is 8.97. The van der Waals surface area contributed by atoms with Crippen molar-refractivity contribution in [1.29, 1.82) is 0 Å². The summed E-state index contributed by atoms with van der Waals surface area (Å²) < 4.78 is 0. The number of ketones is 1. The summed E-state index contributed by atoms with van der Waals surface area (Å²) in [6, 6.07) is 43.3. The van der Waals surface area contributed by atoms with Gasteiger partial charge >= 0.3 is 0 Å². The molecule has 3 nitrogen and oxygen atoms in total. The predicted octanol–water partition coefficient (Wildman–Crippen LogP) is 7.10. The number of nitrogens with one attached hydrogen (secondary N) is 1. The molecule has 1 N–H and O–H groups in total. The van der Waals surface area contributed by atoms with Crippen molar-refractivity contribution in [3.63, 3.8) is 0 Å². The number of halogens is 2. The second kappa shape index (κ2) is 12.8. The summed E-state index contributed by atoms with van der Waals surface area (Å²) in [7, 11) is 0. The maximum atomic E-state index is 14.7. The van der Waals surface area contributed by atoms with Crippen molar-refractivity contribution in [2.45, 2.75) is 0 Å². The first kappa shape index (κ1) is 28.7. The molecule has 0 fully saturated rings. The Hall–Kier alpha value is -3.79. The normalized spacial score (nSPS) is 11.0. The third-order valence-electron chi connectivity index (χ3n) is 6.63. The Labute approximate surface area is 254 Å². The minimum atomic E-state index is -2.95. The minimum Gasteiger partial charge on any atom is -0.312 e. The van der Waals surface area contributed by atoms with Gasteiger partial charge in [0.1, 0.15) is 4.99 Å². The highest BCUT2D eigenvalue weighted by Crippen LogP contribution is 2.47. The van der Waals surface area contributed by atoms with Crippen molar-refractivity contribution >= 4 is 80.2 Å². The van der Waals surface area contributed by atoms with Gasteiger partial charge < -0.3 is 5.32 Å². The van der Waals surface area contributed by atoms with E-state index in [0.29, 0.717) is 15.9 Å². The van der Waals surface area contributed by atoms with Gasteiger partial charge in [0.05, 0.1) is 15.9 Å². The van der Waals surface area contributed by atoms with Crippen LogP contribution in [-0.4, -0.2) is 22.0 Å². The number of amides is 1. The molecule has 7 heteroatoms. The number of hydrogen-bond donors (Lipinski definition) is 1. The molecular weight excluding hydrogens is 588 g/mol. The maximum absolute atomic E-state index is 14.7. The largest absolute Gasteiger partial charge is 0.312 e. The van der Waals surface area contributed by atoms with Gasteiger partial charge in [0.15, 0.2) is 5.78 Å². The van der Waals surface area contributed by atoms with E-state index < -0.39 is 12.8 Å². The third-order valence-corrected chi connectivity index (χ3v) is 12.0. The first-order valence-electron chi connectivity index (χ1n) is 12.8. The molecule has 41 heavy (non-hydrogen) atoms. The molecule has 0 aliphatic rings. The lowest BCUT2D eigenvalue weighted by Gasteiger charge is -2.32. The van der Waals surface area contributed by atoms with Crippen LogP contribution in [0.3, 0.4) is 0 Å². The van der Waals surface area contributed by atoms with Gasteiger partial charge in [-0.2, -0.15) is 0 Å². The van der Waals surface area contributed by atoms with E-state index in [1.807, 2.05) is 109 Å². The average molecular weight is 613 g/mol. The number of thiocarbonyl (C=S) groups is 1. The van der Waals surface area contributed by atoms with Crippen LogP contribution in [0.4, 0.5) is 0 Å². The van der Waals surface area contributed by atoms with Gasteiger partial charge in [-0.3, -0.25) is 9.59 Å². The van der Waals surface area contributed by atoms with E-state index >= 15 is 0 Å². The van der Waals surface area contributed by atoms with Gasteiger partial charge in [0.25, 0.3) is 5.91 Å². The first-order valence-corrected chi connectivity index (χ1v) is 15.7. The zero-order chi connectivity index (χ0) is 28.8. The van der Waals surface area contributed by atoms with Crippen molar-refractivity contribution in [2.24, 2.45) is 0 Å². The highest BCUT2D eigenvalue weighted by atomic mass is 35.5. The molecule has 0 radical (unpaired) electrons. The Balaban J connectivity index is 1.88. The lowest BCUT2D eigenvalue weighted by molar-refractivity contribution is 0.0978. The molecule has 0 heterocycles. The van der Waals surface area contributed by atoms with Gasteiger partial charge in [-0.25, -0.2) is 0 Å². The average Bonchev–Trinajstić information content (AvgIpc) is 3.01. The molecule has 0 bridgehead atoms. The molecule has 0 saturated heterocycles. The fourth-order valence-corrected chi connectivity index (χ4v) is 10.2. The summed E-state index contributed by atoms with van der Waals surface area (Å²) in [6.45, 7) is -2.95. The molecule has 5 rings (SSSR count). The van der Waals surface area contributed by atoms with Crippen molar-refractivity contribution in [2.75, 3.05) is 0 Å². The van der Waals surface area contributed by atoms with Crippen LogP contribution in [0.1, 0.15) is 20.7 Å². The summed E-state index contributed by atoms with van der Waals surface area (Å²) in [6.07, 6.45) is 0. The number of carbonyl (C=O) groups excluding carboxylic acids is 2. The van der Waals surface area contributed by atoms with Gasteiger partial charge in [-0.05, 0) is 41.0 Å². The number of hydrogen-bond acceptors (Lipinski definition) is 3. The molecule has 0 aliphatic carbocycles. The van der Waals surface area contributed by atoms with Gasteiger partial charge in [0.2, 0.25) is 0 Å². The number of rotatable bonds is 7. The summed E-state index contributed by atoms with van der Waals surface area (Å²) >= 11 is 18.4. The molecule has 202 valence electrons. The summed E-state index contributed by atoms with van der Waals surface area (Å²) in [5.41, 5.74) is 0.670. The second-order valence-electron chi connectivity index (χ2n) is 9.13. The molecular formula is C34H24Cl2NO2PS. The van der Waals surface area contributed by atoms with E-state index in [1.165, 1.54) is 12.1 Å². The van der Waals surface area contributed by atoms with Crippen LogP contribution in [0.25, 0.3) is 0 Å². The highest BCUT2D eigenvalue weighted by molar-refractivity contribution is 8.00. The fourth-order valence-electron chi connectivity index (χ4n) is 4.83. The van der Waals surface area contributed by atoms with E-state index in [2.05, 4.69) is 5.32 Å². The molecule has 0 saturated carbocycles. The minimum absolute atomic E-state index is 0.0414. The van der Waals surface area contributed by atoms with Crippen molar-refractivity contribution < 1.29 is 9.59 Å². The fraction of sp³-hybridized carbons (Fsp3) is 0. The van der Waals surface area contributed by atoms with Gasteiger partial charge in [-0.1, -0.05) is 157 Å². The van der Waals surface area contributed by atoms with Gasteiger partial charge in [0, 0.05) is 10.6 Å². The summed E-state index contributed by atoms with van der Waals surface area (Å²) in [4.78, 5) is 28.3. The van der Waals surface area contributed by atoms with Crippen LogP contribution in [0.2, 0.25) is 10.0 Å². The van der Waals surface area contributed by atoms with Crippen molar-refractivity contribution in [3.8, 4) is 0 Å². The predicted molar refractivity (Wildman–Crippen MR) is 177 cm³/mol. The smallest absolute Gasteiger partial charge is 0.257 e. The van der Waals surface area contributed by atoms with E-state index in [1.54, 1.807) is 18.2 Å². The lowest BCUT2D eigenvalue weighted by Crippen LogP contribution is -2.43. The van der Waals surface area contributed by atoms with E-state index in [9.17, 15) is 9.59 Å².